The maximum Gasteiger partial charge on any atom is 0.0448 e. The van der Waals surface area contributed by atoms with Gasteiger partial charge in [-0.25, -0.2) is 0 Å². The first-order chi connectivity index (χ1) is 8.66. The SMILES string of the molecule is CC(N)C(SC1CCCCC1)c1ccc(Cl)cc1. The van der Waals surface area contributed by atoms with Gasteiger partial charge < -0.3 is 5.73 Å². The van der Waals surface area contributed by atoms with E-state index in [1.165, 1.54) is 37.7 Å². The van der Waals surface area contributed by atoms with E-state index in [9.17, 15) is 0 Å². The van der Waals surface area contributed by atoms with Crippen molar-refractivity contribution >= 4 is 23.4 Å². The van der Waals surface area contributed by atoms with E-state index in [1.807, 2.05) is 12.1 Å². The number of hydrogen-bond acceptors (Lipinski definition) is 2. The van der Waals surface area contributed by atoms with Crippen LogP contribution in [-0.2, 0) is 0 Å². The molecule has 0 radical (unpaired) electrons. The van der Waals surface area contributed by atoms with Crippen molar-refractivity contribution in [1.82, 2.24) is 0 Å². The predicted molar refractivity (Wildman–Crippen MR) is 82.3 cm³/mol. The molecule has 1 aromatic rings. The Bertz CT molecular complexity index is 357. The molecule has 0 aliphatic heterocycles. The number of halogens is 1. The molecule has 18 heavy (non-hydrogen) atoms. The molecule has 1 saturated carbocycles. The van der Waals surface area contributed by atoms with Crippen LogP contribution in [0.4, 0.5) is 0 Å². The highest BCUT2D eigenvalue weighted by Gasteiger charge is 2.23. The molecule has 0 amide bonds. The van der Waals surface area contributed by atoms with E-state index in [1.54, 1.807) is 0 Å². The predicted octanol–water partition coefficient (Wildman–Crippen LogP) is 4.79. The van der Waals surface area contributed by atoms with Crippen molar-refractivity contribution < 1.29 is 0 Å². The van der Waals surface area contributed by atoms with Gasteiger partial charge in [0, 0.05) is 21.6 Å². The van der Waals surface area contributed by atoms with Gasteiger partial charge >= 0.3 is 0 Å². The summed E-state index contributed by atoms with van der Waals surface area (Å²) in [5.74, 6) is 0. The molecular formula is C15H22ClNS. The first-order valence-corrected chi connectivity index (χ1v) is 8.15. The Hall–Kier alpha value is -0.180. The fourth-order valence-corrected chi connectivity index (χ4v) is 4.28. The molecule has 0 aromatic heterocycles. The van der Waals surface area contributed by atoms with Crippen molar-refractivity contribution in [3.05, 3.63) is 34.9 Å². The molecule has 0 heterocycles. The molecule has 2 N–H and O–H groups in total. The summed E-state index contributed by atoms with van der Waals surface area (Å²) in [7, 11) is 0. The van der Waals surface area contributed by atoms with Gasteiger partial charge in [0.05, 0.1) is 0 Å². The third kappa shape index (κ3) is 3.91. The third-order valence-corrected chi connectivity index (χ3v) is 5.67. The van der Waals surface area contributed by atoms with Crippen LogP contribution in [0.25, 0.3) is 0 Å². The highest BCUT2D eigenvalue weighted by atomic mass is 35.5. The Kier molecular flexibility index (Phi) is 5.40. The smallest absolute Gasteiger partial charge is 0.0448 e. The van der Waals surface area contributed by atoms with E-state index in [2.05, 4.69) is 30.8 Å². The largest absolute Gasteiger partial charge is 0.327 e. The Morgan fingerprint density at radius 2 is 1.78 bits per heavy atom. The van der Waals surface area contributed by atoms with E-state index < -0.39 is 0 Å². The van der Waals surface area contributed by atoms with Gasteiger partial charge in [-0.2, -0.15) is 0 Å². The number of thioether (sulfide) groups is 1. The highest BCUT2D eigenvalue weighted by Crippen LogP contribution is 2.40. The minimum absolute atomic E-state index is 0.179. The van der Waals surface area contributed by atoms with Crippen molar-refractivity contribution in [3.8, 4) is 0 Å². The van der Waals surface area contributed by atoms with Crippen LogP contribution < -0.4 is 5.73 Å². The summed E-state index contributed by atoms with van der Waals surface area (Å²) in [5, 5.41) is 1.97. The summed E-state index contributed by atoms with van der Waals surface area (Å²) in [6, 6.07) is 8.35. The standard InChI is InChI=1S/C15H22ClNS/c1-11(17)15(12-7-9-13(16)10-8-12)18-14-5-3-2-4-6-14/h7-11,14-15H,2-6,17H2,1H3. The maximum atomic E-state index is 6.17. The molecule has 2 unspecified atom stereocenters. The molecule has 1 nitrogen and oxygen atoms in total. The quantitative estimate of drug-likeness (QED) is 0.859. The molecular weight excluding hydrogens is 262 g/mol. The van der Waals surface area contributed by atoms with Crippen molar-refractivity contribution in [1.29, 1.82) is 0 Å². The lowest BCUT2D eigenvalue weighted by Crippen LogP contribution is -2.25. The Balaban J connectivity index is 2.05. The fourth-order valence-electron chi connectivity index (χ4n) is 2.57. The zero-order chi connectivity index (χ0) is 13.0. The van der Waals surface area contributed by atoms with Crippen LogP contribution in [0.5, 0.6) is 0 Å². The van der Waals surface area contributed by atoms with Gasteiger partial charge in [-0.1, -0.05) is 43.0 Å². The van der Waals surface area contributed by atoms with E-state index >= 15 is 0 Å². The molecule has 0 bridgehead atoms. The molecule has 0 saturated heterocycles. The summed E-state index contributed by atoms with van der Waals surface area (Å²) >= 11 is 8.01. The number of hydrogen-bond donors (Lipinski definition) is 1. The molecule has 0 spiro atoms. The van der Waals surface area contributed by atoms with Crippen molar-refractivity contribution in [2.24, 2.45) is 5.73 Å². The zero-order valence-corrected chi connectivity index (χ0v) is 12.5. The van der Waals surface area contributed by atoms with Crippen LogP contribution in [0, 0.1) is 0 Å². The van der Waals surface area contributed by atoms with Gasteiger partial charge in [0.25, 0.3) is 0 Å². The first-order valence-electron chi connectivity index (χ1n) is 6.83. The first kappa shape index (κ1) is 14.2. The maximum absolute atomic E-state index is 6.17. The summed E-state index contributed by atoms with van der Waals surface area (Å²) in [6.45, 7) is 2.11. The average molecular weight is 284 g/mol. The molecule has 1 fully saturated rings. The van der Waals surface area contributed by atoms with Gasteiger partial charge in [-0.3, -0.25) is 0 Å². The number of benzene rings is 1. The van der Waals surface area contributed by atoms with Crippen LogP contribution in [-0.4, -0.2) is 11.3 Å². The summed E-state index contributed by atoms with van der Waals surface area (Å²) < 4.78 is 0. The average Bonchev–Trinajstić information content (AvgIpc) is 2.38. The third-order valence-electron chi connectivity index (χ3n) is 3.57. The number of nitrogens with two attached hydrogens (primary N) is 1. The second-order valence-corrected chi connectivity index (χ2v) is 7.11. The highest BCUT2D eigenvalue weighted by molar-refractivity contribution is 8.00. The molecule has 3 heteroatoms. The molecule has 2 atom stereocenters. The summed E-state index contributed by atoms with van der Waals surface area (Å²) in [4.78, 5) is 0. The van der Waals surface area contributed by atoms with Gasteiger partial charge in [-0.05, 0) is 37.5 Å². The lowest BCUT2D eigenvalue weighted by Gasteiger charge is -2.28. The fraction of sp³-hybridized carbons (Fsp3) is 0.600. The van der Waals surface area contributed by atoms with Crippen molar-refractivity contribution in [2.75, 3.05) is 0 Å². The number of rotatable bonds is 4. The normalized spacial score (nSPS) is 20.6. The van der Waals surface area contributed by atoms with E-state index in [0.29, 0.717) is 5.25 Å². The van der Waals surface area contributed by atoms with E-state index in [4.69, 9.17) is 17.3 Å². The minimum Gasteiger partial charge on any atom is -0.327 e. The zero-order valence-electron chi connectivity index (χ0n) is 10.9. The summed E-state index contributed by atoms with van der Waals surface area (Å²) in [5.41, 5.74) is 7.48. The van der Waals surface area contributed by atoms with Crippen LogP contribution in [0.15, 0.2) is 24.3 Å². The van der Waals surface area contributed by atoms with Crippen LogP contribution in [0.1, 0.15) is 49.8 Å². The molecule has 1 aliphatic carbocycles. The monoisotopic (exact) mass is 283 g/mol. The van der Waals surface area contributed by atoms with Gasteiger partial charge in [0.1, 0.15) is 0 Å². The Morgan fingerprint density at radius 1 is 1.17 bits per heavy atom. The van der Waals surface area contributed by atoms with Gasteiger partial charge in [0.2, 0.25) is 0 Å². The molecule has 2 rings (SSSR count). The van der Waals surface area contributed by atoms with Gasteiger partial charge in [-0.15, -0.1) is 11.8 Å². The van der Waals surface area contributed by atoms with E-state index in [-0.39, 0.29) is 6.04 Å². The lowest BCUT2D eigenvalue weighted by molar-refractivity contribution is 0.513. The lowest BCUT2D eigenvalue weighted by atomic mass is 10.0. The van der Waals surface area contributed by atoms with Crippen LogP contribution in [0.3, 0.4) is 0 Å². The molecule has 1 aromatic carbocycles. The van der Waals surface area contributed by atoms with Crippen LogP contribution >= 0.6 is 23.4 Å². The Morgan fingerprint density at radius 3 is 2.33 bits per heavy atom. The summed E-state index contributed by atoms with van der Waals surface area (Å²) in [6.07, 6.45) is 6.86. The second kappa shape index (κ2) is 6.83. The van der Waals surface area contributed by atoms with Gasteiger partial charge in [0.15, 0.2) is 0 Å². The molecule has 100 valence electrons. The molecule has 1 aliphatic rings. The van der Waals surface area contributed by atoms with E-state index in [0.717, 1.165) is 10.3 Å². The van der Waals surface area contributed by atoms with Crippen LogP contribution in [0.2, 0.25) is 5.02 Å². The minimum atomic E-state index is 0.179. The van der Waals surface area contributed by atoms with Crippen molar-refractivity contribution in [3.63, 3.8) is 0 Å². The van der Waals surface area contributed by atoms with Crippen molar-refractivity contribution in [2.45, 2.75) is 55.6 Å². The topological polar surface area (TPSA) is 26.0 Å². The Labute approximate surface area is 119 Å². The second-order valence-electron chi connectivity index (χ2n) is 5.23.